The molecule has 6 nitrogen and oxygen atoms in total. The number of hydrazone groups is 2. The van der Waals surface area contributed by atoms with Gasteiger partial charge in [-0.15, -0.1) is 22.7 Å². The van der Waals surface area contributed by atoms with Gasteiger partial charge in [0, 0.05) is 9.75 Å². The molecule has 2 heterocycles. The molecule has 2 aromatic rings. The third kappa shape index (κ3) is 5.23. The van der Waals surface area contributed by atoms with Crippen molar-refractivity contribution in [3.8, 4) is 0 Å². The molecule has 2 aromatic heterocycles. The minimum Gasteiger partial charge on any atom is -0.262 e. The number of hydrogen-bond donors (Lipinski definition) is 2. The number of carbonyl (C=O) groups excluding carboxylic acids is 2. The fraction of sp³-hybridized carbons (Fsp3) is 0. The van der Waals surface area contributed by atoms with Crippen molar-refractivity contribution in [2.45, 2.75) is 0 Å². The van der Waals surface area contributed by atoms with Crippen LogP contribution in [0.1, 0.15) is 9.75 Å². The molecular formula is C12H8Cl2N4O2S2. The van der Waals surface area contributed by atoms with Gasteiger partial charge in [0.2, 0.25) is 0 Å². The minimum absolute atomic E-state index is 0.605. The molecule has 2 amide bonds. The Labute approximate surface area is 143 Å². The Bertz CT molecular complexity index is 677. The highest BCUT2D eigenvalue weighted by molar-refractivity contribution is 7.18. The van der Waals surface area contributed by atoms with Gasteiger partial charge >= 0.3 is 11.8 Å². The van der Waals surface area contributed by atoms with Crippen molar-refractivity contribution in [1.82, 2.24) is 10.9 Å². The number of nitrogens with one attached hydrogen (secondary N) is 2. The molecule has 0 spiro atoms. The molecule has 0 bridgehead atoms. The summed E-state index contributed by atoms with van der Waals surface area (Å²) >= 11 is 14.1. The number of thiophene rings is 2. The lowest BCUT2D eigenvalue weighted by molar-refractivity contribution is -0.139. The molecule has 10 heteroatoms. The van der Waals surface area contributed by atoms with E-state index >= 15 is 0 Å². The number of halogens is 2. The first-order valence-corrected chi connectivity index (χ1v) is 8.10. The SMILES string of the molecule is O=C(N/N=C/c1ccc(Cl)s1)C(=O)N/N=C/c1ccc(Cl)s1. The molecule has 0 fully saturated rings. The van der Waals surface area contributed by atoms with E-state index in [1.807, 2.05) is 0 Å². The zero-order valence-corrected chi connectivity index (χ0v) is 13.9. The van der Waals surface area contributed by atoms with Crippen LogP contribution in [0.3, 0.4) is 0 Å². The summed E-state index contributed by atoms with van der Waals surface area (Å²) in [6.07, 6.45) is 2.78. The third-order valence-electron chi connectivity index (χ3n) is 2.11. The van der Waals surface area contributed by atoms with E-state index in [-0.39, 0.29) is 0 Å². The molecule has 22 heavy (non-hydrogen) atoms. The van der Waals surface area contributed by atoms with E-state index in [9.17, 15) is 9.59 Å². The second kappa shape index (κ2) is 8.04. The summed E-state index contributed by atoms with van der Waals surface area (Å²) in [5.41, 5.74) is 4.17. The molecule has 0 saturated carbocycles. The molecule has 0 unspecified atom stereocenters. The van der Waals surface area contributed by atoms with Crippen LogP contribution in [0, 0.1) is 0 Å². The van der Waals surface area contributed by atoms with E-state index in [1.54, 1.807) is 24.3 Å². The van der Waals surface area contributed by atoms with Gasteiger partial charge in [0.25, 0.3) is 0 Å². The fourth-order valence-electron chi connectivity index (χ4n) is 1.21. The summed E-state index contributed by atoms with van der Waals surface area (Å²) in [7, 11) is 0. The van der Waals surface area contributed by atoms with Crippen LogP contribution in [-0.4, -0.2) is 24.2 Å². The average Bonchev–Trinajstić information content (AvgIpc) is 3.07. The normalized spacial score (nSPS) is 11.2. The van der Waals surface area contributed by atoms with Gasteiger partial charge in [0.15, 0.2) is 0 Å². The third-order valence-corrected chi connectivity index (χ3v) is 4.44. The van der Waals surface area contributed by atoms with Crippen molar-refractivity contribution in [1.29, 1.82) is 0 Å². The molecule has 0 atom stereocenters. The van der Waals surface area contributed by atoms with Crippen LogP contribution in [-0.2, 0) is 9.59 Å². The Hall–Kier alpha value is -1.74. The summed E-state index contributed by atoms with van der Waals surface area (Å²) in [5.74, 6) is -1.86. The van der Waals surface area contributed by atoms with Gasteiger partial charge < -0.3 is 0 Å². The second-order valence-electron chi connectivity index (χ2n) is 3.68. The standard InChI is InChI=1S/C12H8Cl2N4O2S2/c13-9-3-1-7(21-9)5-15-17-11(19)12(20)18-16-6-8-2-4-10(14)22-8/h1-6H,(H,17,19)(H,18,20)/b15-5+,16-6+. The van der Waals surface area contributed by atoms with Crippen LogP contribution in [0.25, 0.3) is 0 Å². The van der Waals surface area contributed by atoms with Gasteiger partial charge in [0.05, 0.1) is 21.1 Å². The van der Waals surface area contributed by atoms with Gasteiger partial charge in [0.1, 0.15) is 0 Å². The van der Waals surface area contributed by atoms with Gasteiger partial charge in [-0.05, 0) is 24.3 Å². The molecule has 0 aromatic carbocycles. The van der Waals surface area contributed by atoms with Gasteiger partial charge in [-0.3, -0.25) is 9.59 Å². The topological polar surface area (TPSA) is 82.9 Å². The highest BCUT2D eigenvalue weighted by Gasteiger charge is 2.11. The zero-order chi connectivity index (χ0) is 15.9. The maximum atomic E-state index is 11.4. The molecular weight excluding hydrogens is 367 g/mol. The lowest BCUT2D eigenvalue weighted by Gasteiger charge is -1.97. The van der Waals surface area contributed by atoms with E-state index in [0.29, 0.717) is 8.67 Å². The van der Waals surface area contributed by atoms with Crippen molar-refractivity contribution in [3.63, 3.8) is 0 Å². The largest absolute Gasteiger partial charge is 0.331 e. The molecule has 2 N–H and O–H groups in total. The molecule has 2 rings (SSSR count). The number of rotatable bonds is 4. The molecule has 0 saturated heterocycles. The Morgan fingerprint density at radius 3 is 1.59 bits per heavy atom. The van der Waals surface area contributed by atoms with Gasteiger partial charge in [-0.1, -0.05) is 23.2 Å². The second-order valence-corrected chi connectivity index (χ2v) is 7.18. The summed E-state index contributed by atoms with van der Waals surface area (Å²) in [5, 5.41) is 7.29. The number of carbonyl (C=O) groups is 2. The highest BCUT2D eigenvalue weighted by atomic mass is 35.5. The molecule has 0 aliphatic carbocycles. The average molecular weight is 375 g/mol. The van der Waals surface area contributed by atoms with Crippen LogP contribution in [0.2, 0.25) is 8.67 Å². The van der Waals surface area contributed by atoms with Crippen molar-refractivity contribution < 1.29 is 9.59 Å². The van der Waals surface area contributed by atoms with Crippen LogP contribution < -0.4 is 10.9 Å². The first-order valence-electron chi connectivity index (χ1n) is 5.72. The van der Waals surface area contributed by atoms with Gasteiger partial charge in [-0.2, -0.15) is 10.2 Å². The summed E-state index contributed by atoms with van der Waals surface area (Å²) in [6, 6.07) is 6.87. The maximum Gasteiger partial charge on any atom is 0.331 e. The number of nitrogens with zero attached hydrogens (tertiary/aromatic N) is 2. The lowest BCUT2D eigenvalue weighted by Crippen LogP contribution is -2.35. The van der Waals surface area contributed by atoms with Crippen molar-refractivity contribution in [2.75, 3.05) is 0 Å². The van der Waals surface area contributed by atoms with E-state index in [1.165, 1.54) is 35.1 Å². The van der Waals surface area contributed by atoms with Crippen molar-refractivity contribution in [2.24, 2.45) is 10.2 Å². The fourth-order valence-corrected chi connectivity index (χ4v) is 3.07. The van der Waals surface area contributed by atoms with E-state index in [4.69, 9.17) is 23.2 Å². The first-order chi connectivity index (χ1) is 10.5. The molecule has 0 aliphatic heterocycles. The Balaban J connectivity index is 1.78. The number of hydrogen-bond acceptors (Lipinski definition) is 6. The maximum absolute atomic E-state index is 11.4. The zero-order valence-electron chi connectivity index (χ0n) is 10.7. The van der Waals surface area contributed by atoms with Gasteiger partial charge in [-0.25, -0.2) is 10.9 Å². The van der Waals surface area contributed by atoms with Crippen LogP contribution in [0.15, 0.2) is 34.5 Å². The highest BCUT2D eigenvalue weighted by Crippen LogP contribution is 2.20. The smallest absolute Gasteiger partial charge is 0.262 e. The minimum atomic E-state index is -0.930. The molecule has 0 aliphatic rings. The predicted molar refractivity (Wildman–Crippen MR) is 90.1 cm³/mol. The first kappa shape index (κ1) is 16.6. The predicted octanol–water partition coefficient (Wildman–Crippen LogP) is 2.72. The Morgan fingerprint density at radius 1 is 0.864 bits per heavy atom. The lowest BCUT2D eigenvalue weighted by atomic mass is 10.5. The van der Waals surface area contributed by atoms with Crippen molar-refractivity contribution >= 4 is 70.1 Å². The Morgan fingerprint density at radius 2 is 1.27 bits per heavy atom. The number of amides is 2. The Kier molecular flexibility index (Phi) is 6.08. The molecule has 114 valence electrons. The van der Waals surface area contributed by atoms with E-state index in [0.717, 1.165) is 9.75 Å². The van der Waals surface area contributed by atoms with E-state index in [2.05, 4.69) is 21.1 Å². The van der Waals surface area contributed by atoms with E-state index < -0.39 is 11.8 Å². The van der Waals surface area contributed by atoms with Crippen LogP contribution in [0.4, 0.5) is 0 Å². The summed E-state index contributed by atoms with van der Waals surface area (Å²) < 4.78 is 1.21. The van der Waals surface area contributed by atoms with Crippen LogP contribution >= 0.6 is 45.9 Å². The molecule has 0 radical (unpaired) electrons. The quantitative estimate of drug-likeness (QED) is 0.489. The van der Waals surface area contributed by atoms with Crippen LogP contribution in [0.5, 0.6) is 0 Å². The summed E-state index contributed by atoms with van der Waals surface area (Å²) in [4.78, 5) is 24.4. The summed E-state index contributed by atoms with van der Waals surface area (Å²) in [6.45, 7) is 0. The van der Waals surface area contributed by atoms with Crippen molar-refractivity contribution in [3.05, 3.63) is 42.7 Å². The monoisotopic (exact) mass is 374 g/mol.